The van der Waals surface area contributed by atoms with Crippen molar-refractivity contribution in [3.05, 3.63) is 70.3 Å². The molecule has 0 amide bonds. The van der Waals surface area contributed by atoms with Gasteiger partial charge < -0.3 is 10.1 Å². The maximum absolute atomic E-state index is 11.3. The number of nitrogens with one attached hydrogen (secondary N) is 1. The van der Waals surface area contributed by atoms with Crippen LogP contribution in [0, 0.1) is 10.1 Å². The number of hydrogen-bond acceptors (Lipinski definition) is 8. The Morgan fingerprint density at radius 1 is 1.19 bits per heavy atom. The Bertz CT molecular complexity index is 1120. The third kappa shape index (κ3) is 4.83. The predicted octanol–water partition coefficient (Wildman–Crippen LogP) is 5.18. The van der Waals surface area contributed by atoms with Crippen molar-refractivity contribution in [2.75, 3.05) is 11.1 Å². The van der Waals surface area contributed by atoms with Gasteiger partial charge in [-0.25, -0.2) is 0 Å². The van der Waals surface area contributed by atoms with Crippen LogP contribution < -0.4 is 10.1 Å². The summed E-state index contributed by atoms with van der Waals surface area (Å²) in [6.45, 7) is 2.14. The van der Waals surface area contributed by atoms with Crippen molar-refractivity contribution in [2.45, 2.75) is 31.1 Å². The van der Waals surface area contributed by atoms with Crippen LogP contribution in [0.1, 0.15) is 25.3 Å². The van der Waals surface area contributed by atoms with Crippen LogP contribution in [0.5, 0.6) is 5.88 Å². The summed E-state index contributed by atoms with van der Waals surface area (Å²) in [5, 5.41) is 23.8. The molecule has 0 fully saturated rings. The molecule has 4 rings (SSSR count). The fourth-order valence-electron chi connectivity index (χ4n) is 3.11. The van der Waals surface area contributed by atoms with Gasteiger partial charge in [0.05, 0.1) is 10.5 Å². The van der Waals surface area contributed by atoms with Gasteiger partial charge in [0.1, 0.15) is 0 Å². The molecule has 0 bridgehead atoms. The molecule has 9 heteroatoms. The van der Waals surface area contributed by atoms with Gasteiger partial charge in [0.2, 0.25) is 11.0 Å². The van der Waals surface area contributed by atoms with Crippen LogP contribution in [0.25, 0.3) is 17.3 Å². The summed E-state index contributed by atoms with van der Waals surface area (Å²) in [6.07, 6.45) is 4.98. The highest BCUT2D eigenvalue weighted by Crippen LogP contribution is 2.36. The van der Waals surface area contributed by atoms with E-state index < -0.39 is 11.2 Å². The summed E-state index contributed by atoms with van der Waals surface area (Å²) in [5.74, 6) is 1.29. The zero-order valence-electron chi connectivity index (χ0n) is 16.9. The largest absolute Gasteiger partial charge is 0.448 e. The van der Waals surface area contributed by atoms with Crippen molar-refractivity contribution >= 4 is 29.2 Å². The van der Waals surface area contributed by atoms with E-state index in [0.717, 1.165) is 29.8 Å². The molecule has 3 aromatic rings. The second-order valence-corrected chi connectivity index (χ2v) is 7.92. The van der Waals surface area contributed by atoms with Gasteiger partial charge in [-0.15, -0.1) is 10.2 Å². The lowest BCUT2D eigenvalue weighted by Crippen LogP contribution is -2.23. The van der Waals surface area contributed by atoms with Crippen LogP contribution in [-0.4, -0.2) is 32.1 Å². The highest BCUT2D eigenvalue weighted by Gasteiger charge is 2.24. The number of thioether (sulfide) groups is 1. The fourth-order valence-corrected chi connectivity index (χ4v) is 3.97. The highest BCUT2D eigenvalue weighted by molar-refractivity contribution is 7.99. The Labute approximate surface area is 183 Å². The smallest absolute Gasteiger partial charge is 0.276 e. The quantitative estimate of drug-likeness (QED) is 0.234. The molecule has 31 heavy (non-hydrogen) atoms. The van der Waals surface area contributed by atoms with Gasteiger partial charge >= 0.3 is 0 Å². The third-order valence-corrected chi connectivity index (χ3v) is 5.59. The van der Waals surface area contributed by atoms with Crippen LogP contribution in [0.15, 0.2) is 59.8 Å². The minimum absolute atomic E-state index is 0.0341. The molecule has 1 aromatic heterocycles. The lowest BCUT2D eigenvalue weighted by molar-refractivity contribution is -0.385. The molecular weight excluding hydrogens is 414 g/mol. The zero-order chi connectivity index (χ0) is 21.6. The van der Waals surface area contributed by atoms with Crippen molar-refractivity contribution in [3.63, 3.8) is 0 Å². The maximum Gasteiger partial charge on any atom is 0.276 e. The van der Waals surface area contributed by atoms with Gasteiger partial charge in [-0.2, -0.15) is 4.98 Å². The molecule has 2 aromatic carbocycles. The molecule has 1 atom stereocenters. The van der Waals surface area contributed by atoms with Crippen LogP contribution in [0.2, 0.25) is 0 Å². The molecular formula is C22H21N5O3S. The van der Waals surface area contributed by atoms with Crippen molar-refractivity contribution in [1.82, 2.24) is 15.2 Å². The Morgan fingerprint density at radius 3 is 2.84 bits per heavy atom. The average molecular weight is 436 g/mol. The lowest BCUT2D eigenvalue weighted by Gasteiger charge is -2.15. The molecule has 1 aliphatic heterocycles. The number of ether oxygens (including phenoxy) is 1. The molecule has 8 nitrogen and oxygen atoms in total. The second kappa shape index (κ2) is 9.57. The van der Waals surface area contributed by atoms with E-state index in [1.165, 1.54) is 6.07 Å². The molecule has 0 saturated heterocycles. The third-order valence-electron chi connectivity index (χ3n) is 4.67. The molecule has 1 aliphatic rings. The Hall–Kier alpha value is -3.46. The summed E-state index contributed by atoms with van der Waals surface area (Å²) in [6, 6.07) is 14.2. The van der Waals surface area contributed by atoms with E-state index in [2.05, 4.69) is 27.4 Å². The molecule has 0 unspecified atom stereocenters. The number of nitrogens with zero attached hydrogens (tertiary/aromatic N) is 4. The molecule has 0 aliphatic carbocycles. The average Bonchev–Trinajstić information content (AvgIpc) is 2.94. The van der Waals surface area contributed by atoms with Crippen molar-refractivity contribution in [3.8, 4) is 17.1 Å². The lowest BCUT2D eigenvalue weighted by atomic mass is 10.1. The Morgan fingerprint density at radius 2 is 2.00 bits per heavy atom. The Balaban J connectivity index is 1.67. The zero-order valence-corrected chi connectivity index (χ0v) is 17.7. The van der Waals surface area contributed by atoms with Crippen LogP contribution >= 0.6 is 11.8 Å². The standard InChI is InChI=1S/C22H21N5O3S/c1-2-3-14-31-22-24-21-20(25-26-22)16-9-5-6-10-17(16)23-19(30-21)13-12-15-8-4-7-11-18(15)27(28)29/h4-13,19,23H,2-3,14H2,1H3/b13-12-/t19-/m1/s1. The van der Waals surface area contributed by atoms with Crippen molar-refractivity contribution in [1.29, 1.82) is 0 Å². The second-order valence-electron chi connectivity index (χ2n) is 6.85. The molecule has 0 saturated carbocycles. The number of hydrogen-bond donors (Lipinski definition) is 1. The summed E-state index contributed by atoms with van der Waals surface area (Å²) in [7, 11) is 0. The number of anilines is 1. The van der Waals surface area contributed by atoms with E-state index in [-0.39, 0.29) is 5.69 Å². The normalized spacial score (nSPS) is 14.8. The van der Waals surface area contributed by atoms with Crippen LogP contribution in [0.3, 0.4) is 0 Å². The van der Waals surface area contributed by atoms with Crippen molar-refractivity contribution in [2.24, 2.45) is 0 Å². The van der Waals surface area contributed by atoms with Crippen molar-refractivity contribution < 1.29 is 9.66 Å². The summed E-state index contributed by atoms with van der Waals surface area (Å²) < 4.78 is 6.11. The SMILES string of the molecule is CCCCSc1nnc2c(n1)O[C@H](/C=C\c1ccccc1[N+](=O)[O-])Nc1ccccc1-2. The fraction of sp³-hybridized carbons (Fsp3) is 0.227. The van der Waals surface area contributed by atoms with Gasteiger partial charge in [-0.1, -0.05) is 55.4 Å². The Kier molecular flexibility index (Phi) is 6.42. The number of unbranched alkanes of at least 4 members (excludes halogenated alkanes) is 1. The van der Waals surface area contributed by atoms with E-state index >= 15 is 0 Å². The number of para-hydroxylation sites is 2. The van der Waals surface area contributed by atoms with Crippen LogP contribution in [-0.2, 0) is 0 Å². The maximum atomic E-state index is 11.3. The number of benzene rings is 2. The van der Waals surface area contributed by atoms with E-state index in [0.29, 0.717) is 22.3 Å². The van der Waals surface area contributed by atoms with E-state index in [4.69, 9.17) is 4.74 Å². The monoisotopic (exact) mass is 435 g/mol. The van der Waals surface area contributed by atoms with Gasteiger partial charge in [0.15, 0.2) is 11.9 Å². The summed E-state index contributed by atoms with van der Waals surface area (Å²) in [4.78, 5) is 15.5. The number of fused-ring (bicyclic) bond motifs is 3. The number of aromatic nitrogens is 3. The van der Waals surface area contributed by atoms with Gasteiger partial charge in [-0.05, 0) is 30.7 Å². The number of nitro benzene ring substituents is 1. The first-order chi connectivity index (χ1) is 15.2. The predicted molar refractivity (Wildman–Crippen MR) is 121 cm³/mol. The first-order valence-corrected chi connectivity index (χ1v) is 11.0. The van der Waals surface area contributed by atoms with Gasteiger partial charge in [0.25, 0.3) is 5.69 Å². The summed E-state index contributed by atoms with van der Waals surface area (Å²) >= 11 is 1.54. The first kappa shape index (κ1) is 20.8. The van der Waals surface area contributed by atoms with Crippen LogP contribution in [0.4, 0.5) is 11.4 Å². The van der Waals surface area contributed by atoms with E-state index in [1.54, 1.807) is 42.1 Å². The first-order valence-electron chi connectivity index (χ1n) is 9.97. The van der Waals surface area contributed by atoms with Gasteiger partial charge in [-0.3, -0.25) is 10.1 Å². The van der Waals surface area contributed by atoms with E-state index in [1.807, 2.05) is 24.3 Å². The highest BCUT2D eigenvalue weighted by atomic mass is 32.2. The minimum Gasteiger partial charge on any atom is -0.448 e. The number of rotatable bonds is 7. The molecule has 2 heterocycles. The molecule has 0 spiro atoms. The minimum atomic E-state index is -0.590. The number of nitro groups is 1. The molecule has 158 valence electrons. The summed E-state index contributed by atoms with van der Waals surface area (Å²) in [5.41, 5.74) is 2.74. The van der Waals surface area contributed by atoms with Gasteiger partial charge in [0, 0.05) is 23.1 Å². The molecule has 1 N–H and O–H groups in total. The van der Waals surface area contributed by atoms with E-state index in [9.17, 15) is 10.1 Å². The molecule has 0 radical (unpaired) electrons. The topological polar surface area (TPSA) is 103 Å².